The van der Waals surface area contributed by atoms with Gasteiger partial charge in [-0.25, -0.2) is 9.59 Å². The average molecular weight is 508 g/mol. The van der Waals surface area contributed by atoms with E-state index in [4.69, 9.17) is 10.5 Å². The Bertz CT molecular complexity index is 1350. The number of likely N-dealkylation sites (tertiary alicyclic amines) is 1. The van der Waals surface area contributed by atoms with Crippen LogP contribution in [-0.4, -0.2) is 64.7 Å². The van der Waals surface area contributed by atoms with E-state index < -0.39 is 23.3 Å². The zero-order valence-electron chi connectivity index (χ0n) is 21.3. The lowest BCUT2D eigenvalue weighted by Crippen LogP contribution is -2.48. The molecule has 1 aromatic carbocycles. The number of amides is 1. The topological polar surface area (TPSA) is 120 Å². The van der Waals surface area contributed by atoms with Gasteiger partial charge in [0, 0.05) is 37.3 Å². The summed E-state index contributed by atoms with van der Waals surface area (Å²) in [6, 6.07) is 7.64. The molecule has 2 aromatic rings. The Balaban J connectivity index is 1.65. The molecule has 2 saturated heterocycles. The van der Waals surface area contributed by atoms with Gasteiger partial charge < -0.3 is 20.3 Å². The molecule has 1 aromatic heterocycles. The third-order valence-corrected chi connectivity index (χ3v) is 6.95. The molecule has 196 valence electrons. The first-order valence-corrected chi connectivity index (χ1v) is 12.6. The van der Waals surface area contributed by atoms with Crippen molar-refractivity contribution in [2.75, 3.05) is 31.6 Å². The molecule has 3 heterocycles. The van der Waals surface area contributed by atoms with Crippen molar-refractivity contribution in [3.8, 4) is 11.8 Å². The molecule has 2 N–H and O–H groups in total. The van der Waals surface area contributed by atoms with E-state index in [2.05, 4.69) is 11.8 Å². The van der Waals surface area contributed by atoms with Crippen LogP contribution in [0.1, 0.15) is 48.5 Å². The number of hydrogen-bond donors (Lipinski definition) is 1. The highest BCUT2D eigenvalue weighted by Gasteiger charge is 2.35. The van der Waals surface area contributed by atoms with Gasteiger partial charge in [-0.15, -0.1) is 5.92 Å². The van der Waals surface area contributed by atoms with Gasteiger partial charge in [0.1, 0.15) is 11.9 Å². The summed E-state index contributed by atoms with van der Waals surface area (Å²) in [5, 5.41) is 0. The molecular weight excluding hydrogens is 474 g/mol. The van der Waals surface area contributed by atoms with E-state index in [1.54, 1.807) is 31.2 Å². The van der Waals surface area contributed by atoms with Crippen LogP contribution in [0.3, 0.4) is 0 Å². The molecule has 2 aliphatic rings. The molecule has 2 atom stereocenters. The van der Waals surface area contributed by atoms with Gasteiger partial charge in [0.05, 0.1) is 20.2 Å². The average Bonchev–Trinajstić information content (AvgIpc) is 3.39. The number of aromatic nitrogens is 2. The van der Waals surface area contributed by atoms with Crippen LogP contribution in [-0.2, 0) is 22.6 Å². The van der Waals surface area contributed by atoms with Crippen LogP contribution in [0, 0.1) is 11.8 Å². The fraction of sp³-hybridized carbons (Fsp3) is 0.481. The number of esters is 1. The molecule has 0 aliphatic carbocycles. The molecule has 0 saturated carbocycles. The Labute approximate surface area is 215 Å². The minimum absolute atomic E-state index is 0.00142. The molecule has 2 aliphatic heterocycles. The predicted molar refractivity (Wildman–Crippen MR) is 139 cm³/mol. The maximum atomic E-state index is 13.5. The van der Waals surface area contributed by atoms with E-state index in [0.29, 0.717) is 43.0 Å². The van der Waals surface area contributed by atoms with Crippen molar-refractivity contribution < 1.29 is 14.3 Å². The summed E-state index contributed by atoms with van der Waals surface area (Å²) in [6.45, 7) is 3.59. The summed E-state index contributed by atoms with van der Waals surface area (Å²) in [4.78, 5) is 55.4. The zero-order valence-corrected chi connectivity index (χ0v) is 21.3. The van der Waals surface area contributed by atoms with E-state index in [9.17, 15) is 19.2 Å². The van der Waals surface area contributed by atoms with Crippen LogP contribution in [0.4, 0.5) is 5.82 Å². The lowest BCUT2D eigenvalue weighted by molar-refractivity contribution is -0.145. The zero-order chi connectivity index (χ0) is 26.5. The summed E-state index contributed by atoms with van der Waals surface area (Å²) >= 11 is 0. The Hall–Kier alpha value is -3.84. The predicted octanol–water partition coefficient (Wildman–Crippen LogP) is 0.787. The van der Waals surface area contributed by atoms with Crippen LogP contribution in [0.5, 0.6) is 0 Å². The van der Waals surface area contributed by atoms with Gasteiger partial charge >= 0.3 is 11.7 Å². The maximum absolute atomic E-state index is 13.5. The second kappa shape index (κ2) is 11.5. The molecule has 4 rings (SSSR count). The lowest BCUT2D eigenvalue weighted by Gasteiger charge is -2.33. The van der Waals surface area contributed by atoms with Crippen molar-refractivity contribution in [3.05, 3.63) is 62.3 Å². The van der Waals surface area contributed by atoms with Gasteiger partial charge in [-0.3, -0.25) is 18.7 Å². The quantitative estimate of drug-likeness (QED) is 0.453. The minimum atomic E-state index is -0.605. The normalized spacial score (nSPS) is 19.3. The molecule has 10 heteroatoms. The number of hydrogen-bond acceptors (Lipinski definition) is 7. The van der Waals surface area contributed by atoms with Crippen molar-refractivity contribution in [2.45, 2.75) is 57.8 Å². The Kier molecular flexibility index (Phi) is 8.14. The lowest BCUT2D eigenvalue weighted by atomic mass is 10.1. The number of methoxy groups -OCH3 is 1. The maximum Gasteiger partial charge on any atom is 0.333 e. The van der Waals surface area contributed by atoms with E-state index in [1.165, 1.54) is 22.6 Å². The van der Waals surface area contributed by atoms with E-state index in [0.717, 1.165) is 23.8 Å². The highest BCUT2D eigenvalue weighted by atomic mass is 16.5. The second-order valence-corrected chi connectivity index (χ2v) is 9.45. The van der Waals surface area contributed by atoms with Gasteiger partial charge in [0.2, 0.25) is 0 Å². The van der Waals surface area contributed by atoms with Crippen molar-refractivity contribution >= 4 is 17.7 Å². The van der Waals surface area contributed by atoms with Crippen molar-refractivity contribution in [1.82, 2.24) is 14.0 Å². The van der Waals surface area contributed by atoms with Gasteiger partial charge in [0.25, 0.3) is 11.5 Å². The van der Waals surface area contributed by atoms with Gasteiger partial charge in [-0.2, -0.15) is 0 Å². The molecule has 0 spiro atoms. The van der Waals surface area contributed by atoms with Crippen molar-refractivity contribution in [2.24, 2.45) is 5.73 Å². The van der Waals surface area contributed by atoms with E-state index in [-0.39, 0.29) is 25.0 Å². The SMILES string of the molecule is CC#CCn1c(N2CCC[C@@H](N)C2)cc(=O)n(Cc2cccc(C(=O)N3CCC[C@H]3C(=O)OC)c2)c1=O. The fourth-order valence-electron chi connectivity index (χ4n) is 5.08. The number of piperidine rings is 1. The first-order valence-electron chi connectivity index (χ1n) is 12.6. The number of carbonyl (C=O) groups is 2. The van der Waals surface area contributed by atoms with E-state index >= 15 is 0 Å². The Morgan fingerprint density at radius 1 is 1.11 bits per heavy atom. The number of carbonyl (C=O) groups excluding carboxylic acids is 2. The highest BCUT2D eigenvalue weighted by molar-refractivity contribution is 5.97. The first kappa shape index (κ1) is 26.2. The summed E-state index contributed by atoms with van der Waals surface area (Å²) in [6.07, 6.45) is 3.06. The van der Waals surface area contributed by atoms with Gasteiger partial charge in [-0.05, 0) is 50.3 Å². The molecule has 0 unspecified atom stereocenters. The summed E-state index contributed by atoms with van der Waals surface area (Å²) < 4.78 is 7.51. The standard InChI is InChI=1S/C27H33N5O5/c1-3-4-13-31-23(29-12-6-10-21(28)18-29)16-24(33)32(27(31)36)17-19-8-5-9-20(15-19)25(34)30-14-7-11-22(30)26(35)37-2/h5,8-9,15-16,21-22H,6-7,10-14,17-18,28H2,1-2H3/t21-,22+/m1/s1. The third kappa shape index (κ3) is 5.62. The second-order valence-electron chi connectivity index (χ2n) is 9.45. The largest absolute Gasteiger partial charge is 0.467 e. The molecule has 0 bridgehead atoms. The van der Waals surface area contributed by atoms with Crippen molar-refractivity contribution in [3.63, 3.8) is 0 Å². The molecule has 0 radical (unpaired) electrons. The summed E-state index contributed by atoms with van der Waals surface area (Å²) in [7, 11) is 1.31. The monoisotopic (exact) mass is 507 g/mol. The van der Waals surface area contributed by atoms with Crippen LogP contribution in [0.25, 0.3) is 0 Å². The molecular formula is C27H33N5O5. The van der Waals surface area contributed by atoms with Crippen LogP contribution in [0.2, 0.25) is 0 Å². The molecule has 10 nitrogen and oxygen atoms in total. The van der Waals surface area contributed by atoms with Gasteiger partial charge in [0.15, 0.2) is 0 Å². The Morgan fingerprint density at radius 2 is 1.89 bits per heavy atom. The third-order valence-electron chi connectivity index (χ3n) is 6.95. The van der Waals surface area contributed by atoms with Crippen LogP contribution >= 0.6 is 0 Å². The smallest absolute Gasteiger partial charge is 0.333 e. The van der Waals surface area contributed by atoms with Crippen LogP contribution in [0.15, 0.2) is 39.9 Å². The van der Waals surface area contributed by atoms with Crippen molar-refractivity contribution in [1.29, 1.82) is 0 Å². The number of rotatable bonds is 6. The fourth-order valence-corrected chi connectivity index (χ4v) is 5.08. The molecule has 37 heavy (non-hydrogen) atoms. The molecule has 1 amide bonds. The number of nitrogens with two attached hydrogens (primary N) is 1. The minimum Gasteiger partial charge on any atom is -0.467 e. The number of ether oxygens (including phenoxy) is 1. The highest BCUT2D eigenvalue weighted by Crippen LogP contribution is 2.22. The number of anilines is 1. The molecule has 2 fully saturated rings. The first-order chi connectivity index (χ1) is 17.8. The summed E-state index contributed by atoms with van der Waals surface area (Å²) in [5.74, 6) is 5.55. The number of benzene rings is 1. The van der Waals surface area contributed by atoms with Crippen LogP contribution < -0.4 is 21.9 Å². The number of nitrogens with zero attached hydrogens (tertiary/aromatic N) is 4. The Morgan fingerprint density at radius 3 is 2.62 bits per heavy atom. The van der Waals surface area contributed by atoms with Gasteiger partial charge in [-0.1, -0.05) is 18.1 Å². The van der Waals surface area contributed by atoms with E-state index in [1.807, 2.05) is 4.90 Å². The summed E-state index contributed by atoms with van der Waals surface area (Å²) in [5.41, 5.74) is 6.26.